The number of nitrogens with zero attached hydrogens (tertiary/aromatic N) is 3. The van der Waals surface area contributed by atoms with Crippen LogP contribution in [0, 0.1) is 17.8 Å². The van der Waals surface area contributed by atoms with Crippen LogP contribution in [0.2, 0.25) is 5.02 Å². The first-order chi connectivity index (χ1) is 18.5. The van der Waals surface area contributed by atoms with Crippen LogP contribution >= 0.6 is 11.6 Å². The Morgan fingerprint density at radius 1 is 1.26 bits per heavy atom. The molecule has 3 saturated heterocycles. The Labute approximate surface area is 236 Å². The first kappa shape index (κ1) is 29.3. The molecule has 212 valence electrons. The lowest BCUT2D eigenvalue weighted by Crippen LogP contribution is -2.58. The summed E-state index contributed by atoms with van der Waals surface area (Å²) in [6, 6.07) is 5.31. The molecular formula is C30H40ClN3O5. The van der Waals surface area contributed by atoms with E-state index >= 15 is 0 Å². The van der Waals surface area contributed by atoms with Gasteiger partial charge in [-0.05, 0) is 44.7 Å². The van der Waals surface area contributed by atoms with Crippen LogP contribution in [0.5, 0.6) is 0 Å². The van der Waals surface area contributed by atoms with E-state index in [2.05, 4.69) is 13.2 Å². The monoisotopic (exact) mass is 557 g/mol. The number of anilines is 1. The molecule has 3 aliphatic rings. The van der Waals surface area contributed by atoms with Crippen LogP contribution in [-0.2, 0) is 19.1 Å². The number of hydrogen-bond acceptors (Lipinski definition) is 5. The second-order valence-electron chi connectivity index (χ2n) is 11.2. The number of fused-ring (bicyclic) bond motifs is 1. The number of likely N-dealkylation sites (tertiary alicyclic amines) is 1. The fourth-order valence-corrected chi connectivity index (χ4v) is 7.30. The molecule has 3 heterocycles. The van der Waals surface area contributed by atoms with Crippen molar-refractivity contribution in [2.45, 2.75) is 63.8 Å². The van der Waals surface area contributed by atoms with Crippen LogP contribution in [0.3, 0.4) is 0 Å². The molecule has 8 nitrogen and oxygen atoms in total. The number of aliphatic hydroxyl groups excluding tert-OH is 1. The first-order valence-corrected chi connectivity index (χ1v) is 14.1. The van der Waals surface area contributed by atoms with E-state index in [0.29, 0.717) is 30.2 Å². The van der Waals surface area contributed by atoms with E-state index in [-0.39, 0.29) is 36.8 Å². The molecular weight excluding hydrogens is 518 g/mol. The number of carbonyl (C=O) groups is 3. The van der Waals surface area contributed by atoms with E-state index in [1.165, 1.54) is 9.80 Å². The Balaban J connectivity index is 1.87. The maximum atomic E-state index is 14.6. The van der Waals surface area contributed by atoms with Crippen molar-refractivity contribution >= 4 is 35.0 Å². The number of carbonyl (C=O) groups excluding carboxylic acids is 3. The minimum absolute atomic E-state index is 0.0874. The highest BCUT2D eigenvalue weighted by Gasteiger charge is 2.80. The third-order valence-corrected chi connectivity index (χ3v) is 9.19. The van der Waals surface area contributed by atoms with Gasteiger partial charge < -0.3 is 24.5 Å². The van der Waals surface area contributed by atoms with Crippen molar-refractivity contribution in [2.24, 2.45) is 17.8 Å². The van der Waals surface area contributed by atoms with E-state index in [1.54, 1.807) is 48.2 Å². The predicted octanol–water partition coefficient (Wildman–Crippen LogP) is 3.68. The van der Waals surface area contributed by atoms with Gasteiger partial charge in [0.05, 0.1) is 40.8 Å². The predicted molar refractivity (Wildman–Crippen MR) is 151 cm³/mol. The molecule has 3 amide bonds. The molecule has 1 aromatic carbocycles. The number of para-hydroxylation sites is 1. The summed E-state index contributed by atoms with van der Waals surface area (Å²) in [4.78, 5) is 47.7. The lowest BCUT2D eigenvalue weighted by molar-refractivity contribution is -0.153. The van der Waals surface area contributed by atoms with E-state index < -0.39 is 35.1 Å². The Morgan fingerprint density at radius 2 is 1.92 bits per heavy atom. The van der Waals surface area contributed by atoms with Gasteiger partial charge in [-0.15, -0.1) is 13.2 Å². The minimum atomic E-state index is -1.22. The van der Waals surface area contributed by atoms with Crippen LogP contribution in [-0.4, -0.2) is 82.2 Å². The summed E-state index contributed by atoms with van der Waals surface area (Å²) in [5.74, 6) is -2.58. The number of benzene rings is 1. The van der Waals surface area contributed by atoms with E-state index in [4.69, 9.17) is 16.3 Å². The zero-order valence-electron chi connectivity index (χ0n) is 23.3. The molecule has 3 aliphatic heterocycles. The molecule has 39 heavy (non-hydrogen) atoms. The maximum absolute atomic E-state index is 14.6. The Bertz CT molecular complexity index is 1160. The molecule has 0 aromatic heterocycles. The molecule has 4 rings (SSSR count). The molecule has 3 fully saturated rings. The topological polar surface area (TPSA) is 90.4 Å². The van der Waals surface area contributed by atoms with Gasteiger partial charge in [0, 0.05) is 19.6 Å². The maximum Gasteiger partial charge on any atom is 0.253 e. The van der Waals surface area contributed by atoms with Crippen molar-refractivity contribution in [3.63, 3.8) is 0 Å². The highest BCUT2D eigenvalue weighted by molar-refractivity contribution is 6.34. The van der Waals surface area contributed by atoms with Crippen molar-refractivity contribution in [1.29, 1.82) is 0 Å². The van der Waals surface area contributed by atoms with Crippen molar-refractivity contribution in [1.82, 2.24) is 9.80 Å². The van der Waals surface area contributed by atoms with Gasteiger partial charge in [0.25, 0.3) is 5.91 Å². The highest BCUT2D eigenvalue weighted by atomic mass is 35.5. The van der Waals surface area contributed by atoms with Gasteiger partial charge in [-0.25, -0.2) is 0 Å². The largest absolute Gasteiger partial charge is 0.394 e. The molecule has 0 aliphatic carbocycles. The number of ether oxygens (including phenoxy) is 1. The second kappa shape index (κ2) is 11.1. The Hall–Kier alpha value is -2.68. The average Bonchev–Trinajstić information content (AvgIpc) is 3.43. The zero-order valence-corrected chi connectivity index (χ0v) is 24.1. The number of rotatable bonds is 11. The van der Waals surface area contributed by atoms with E-state index in [1.807, 2.05) is 20.8 Å². The van der Waals surface area contributed by atoms with E-state index in [0.717, 1.165) is 6.42 Å². The zero-order chi connectivity index (χ0) is 28.7. The fourth-order valence-electron chi connectivity index (χ4n) is 7.06. The van der Waals surface area contributed by atoms with Gasteiger partial charge in [0.1, 0.15) is 11.6 Å². The van der Waals surface area contributed by atoms with Crippen LogP contribution in [0.1, 0.15) is 40.5 Å². The number of hydrogen-bond donors (Lipinski definition) is 1. The van der Waals surface area contributed by atoms with Crippen molar-refractivity contribution in [3.8, 4) is 0 Å². The second-order valence-corrected chi connectivity index (χ2v) is 11.7. The number of halogens is 1. The fraction of sp³-hybridized carbons (Fsp3) is 0.567. The molecule has 1 N–H and O–H groups in total. The Morgan fingerprint density at radius 3 is 2.51 bits per heavy atom. The Kier molecular flexibility index (Phi) is 8.31. The van der Waals surface area contributed by atoms with Crippen molar-refractivity contribution in [2.75, 3.05) is 31.1 Å². The number of aliphatic hydroxyl groups is 1. The SMILES string of the molecule is C=CCN(CCC)C(=O)[C@@H]1[C@H]2C(=O)N([C@H](C)CO)C(C(=O)N(CC=C)c3ccccc3Cl)C23CC(C)[C@@]1(C)O3. The lowest BCUT2D eigenvalue weighted by atomic mass is 9.62. The van der Waals surface area contributed by atoms with Crippen LogP contribution < -0.4 is 4.90 Å². The molecule has 1 aromatic rings. The highest BCUT2D eigenvalue weighted by Crippen LogP contribution is 2.65. The normalized spacial score (nSPS) is 31.6. The van der Waals surface area contributed by atoms with Gasteiger partial charge in [-0.1, -0.05) is 49.7 Å². The minimum Gasteiger partial charge on any atom is -0.394 e. The van der Waals surface area contributed by atoms with Gasteiger partial charge >= 0.3 is 0 Å². The standard InChI is InChI=1S/C30H40ClN3O5/c1-7-14-32(15-8-2)26(36)23-24-27(37)34(20(5)18-35)25(30(24)17-19(4)29(23,6)39-30)28(38)33(16-9-3)22-13-11-10-12-21(22)31/h7,9-13,19-20,23-25,35H,1,3,8,14-18H2,2,4-6H3/t19?,20-,23+,24+,25?,29-,30?/m1/s1. The smallest absolute Gasteiger partial charge is 0.253 e. The third kappa shape index (κ3) is 4.41. The van der Waals surface area contributed by atoms with Gasteiger partial charge in [0.15, 0.2) is 0 Å². The molecule has 7 atom stereocenters. The van der Waals surface area contributed by atoms with Gasteiger partial charge in [-0.2, -0.15) is 0 Å². The van der Waals surface area contributed by atoms with Crippen LogP contribution in [0.15, 0.2) is 49.6 Å². The molecule has 2 bridgehead atoms. The van der Waals surface area contributed by atoms with Gasteiger partial charge in [-0.3, -0.25) is 14.4 Å². The summed E-state index contributed by atoms with van der Waals surface area (Å²) in [6.07, 6.45) is 4.48. The van der Waals surface area contributed by atoms with Crippen molar-refractivity contribution in [3.05, 3.63) is 54.6 Å². The summed E-state index contributed by atoms with van der Waals surface area (Å²) in [5.41, 5.74) is -1.66. The third-order valence-electron chi connectivity index (χ3n) is 8.87. The van der Waals surface area contributed by atoms with E-state index in [9.17, 15) is 19.5 Å². The summed E-state index contributed by atoms with van der Waals surface area (Å²) >= 11 is 6.51. The summed E-state index contributed by atoms with van der Waals surface area (Å²) in [6.45, 7) is 16.0. The summed E-state index contributed by atoms with van der Waals surface area (Å²) in [5, 5.41) is 10.6. The molecule has 0 radical (unpaired) electrons. The average molecular weight is 558 g/mol. The first-order valence-electron chi connectivity index (χ1n) is 13.7. The van der Waals surface area contributed by atoms with Crippen LogP contribution in [0.4, 0.5) is 5.69 Å². The number of amides is 3. The van der Waals surface area contributed by atoms with Gasteiger partial charge in [0.2, 0.25) is 11.8 Å². The van der Waals surface area contributed by atoms with Crippen LogP contribution in [0.25, 0.3) is 0 Å². The summed E-state index contributed by atoms with van der Waals surface area (Å²) < 4.78 is 6.82. The lowest BCUT2D eigenvalue weighted by Gasteiger charge is -2.39. The summed E-state index contributed by atoms with van der Waals surface area (Å²) in [7, 11) is 0. The van der Waals surface area contributed by atoms with Crippen molar-refractivity contribution < 1.29 is 24.2 Å². The quantitative estimate of drug-likeness (QED) is 0.419. The molecule has 3 unspecified atom stereocenters. The molecule has 1 spiro atoms. The molecule has 9 heteroatoms. The molecule has 0 saturated carbocycles.